The second-order valence-electron chi connectivity index (χ2n) is 14.1. The van der Waals surface area contributed by atoms with Gasteiger partial charge in [-0.2, -0.15) is 0 Å². The van der Waals surface area contributed by atoms with Crippen molar-refractivity contribution in [2.75, 3.05) is 10.2 Å². The van der Waals surface area contributed by atoms with Crippen LogP contribution in [0.2, 0.25) is 0 Å². The van der Waals surface area contributed by atoms with Gasteiger partial charge < -0.3 is 10.2 Å². The van der Waals surface area contributed by atoms with Crippen molar-refractivity contribution in [1.29, 1.82) is 0 Å². The molecule has 1 heterocycles. The molecule has 9 aromatic rings. The zero-order valence-corrected chi connectivity index (χ0v) is 30.6. The summed E-state index contributed by atoms with van der Waals surface area (Å²) in [6.45, 7) is 2.22. The van der Waals surface area contributed by atoms with E-state index >= 15 is 0 Å². The second kappa shape index (κ2) is 12.7. The van der Waals surface area contributed by atoms with E-state index in [-0.39, 0.29) is 6.17 Å². The standard InChI is InChI=1S/C50H38N2Si/c1-35-51-47-26-14-15-27-48(47)52(35)39-31-28-37(29-32-39)49-43-22-10-12-24-45(43)50(46-25-13-11-23-44(46)49)53(40-18-4-2-5-19-40,41-20-6-3-7-21-41)42-33-30-36-16-8-9-17-38(36)34-42/h2-35,51H,1H3. The highest BCUT2D eigenvalue weighted by Crippen LogP contribution is 2.42. The van der Waals surface area contributed by atoms with Crippen molar-refractivity contribution in [3.63, 3.8) is 0 Å². The van der Waals surface area contributed by atoms with Crippen molar-refractivity contribution in [2.45, 2.75) is 13.1 Å². The maximum Gasteiger partial charge on any atom is 0.180 e. The van der Waals surface area contributed by atoms with Crippen LogP contribution in [0.4, 0.5) is 17.1 Å². The molecule has 10 rings (SSSR count). The first-order valence-electron chi connectivity index (χ1n) is 18.5. The Balaban J connectivity index is 1.28. The van der Waals surface area contributed by atoms with E-state index in [1.54, 1.807) is 0 Å². The predicted molar refractivity (Wildman–Crippen MR) is 230 cm³/mol. The van der Waals surface area contributed by atoms with Crippen LogP contribution in [0.5, 0.6) is 0 Å². The van der Waals surface area contributed by atoms with E-state index in [4.69, 9.17) is 0 Å². The van der Waals surface area contributed by atoms with E-state index in [1.807, 2.05) is 0 Å². The van der Waals surface area contributed by atoms with Gasteiger partial charge in [0, 0.05) is 5.69 Å². The van der Waals surface area contributed by atoms with Crippen LogP contribution in [0.3, 0.4) is 0 Å². The van der Waals surface area contributed by atoms with Gasteiger partial charge >= 0.3 is 0 Å². The summed E-state index contributed by atoms with van der Waals surface area (Å²) in [6.07, 6.45) is 0.170. The Labute approximate surface area is 311 Å². The third-order valence-corrected chi connectivity index (χ3v) is 16.1. The Hall–Kier alpha value is -6.42. The molecule has 9 aromatic carbocycles. The molecule has 0 radical (unpaired) electrons. The zero-order chi connectivity index (χ0) is 35.4. The van der Waals surface area contributed by atoms with Gasteiger partial charge in [0.15, 0.2) is 8.07 Å². The molecule has 1 N–H and O–H groups in total. The largest absolute Gasteiger partial charge is 0.363 e. The van der Waals surface area contributed by atoms with Gasteiger partial charge in [0.25, 0.3) is 0 Å². The number of benzene rings is 9. The molecule has 3 heteroatoms. The Morgan fingerprint density at radius 2 is 0.981 bits per heavy atom. The molecule has 1 atom stereocenters. The van der Waals surface area contributed by atoms with Crippen molar-refractivity contribution in [2.24, 2.45) is 0 Å². The average molecular weight is 695 g/mol. The number of hydrogen-bond acceptors (Lipinski definition) is 2. The SMILES string of the molecule is CC1Nc2ccccc2N1c1ccc(-c2c3ccccc3c([Si](c3ccccc3)(c3ccccc3)c3ccc4ccccc4c3)c3ccccc23)cc1. The quantitative estimate of drug-likeness (QED) is 0.106. The maximum absolute atomic E-state index is 3.64. The highest BCUT2D eigenvalue weighted by Gasteiger charge is 2.44. The number of rotatable bonds is 6. The number of para-hydroxylation sites is 2. The van der Waals surface area contributed by atoms with Crippen molar-refractivity contribution < 1.29 is 0 Å². The first-order chi connectivity index (χ1) is 26.2. The fourth-order valence-corrected chi connectivity index (χ4v) is 14.2. The van der Waals surface area contributed by atoms with Gasteiger partial charge in [0.1, 0.15) is 6.17 Å². The van der Waals surface area contributed by atoms with E-state index in [9.17, 15) is 0 Å². The maximum atomic E-state index is 3.64. The third kappa shape index (κ3) is 4.92. The van der Waals surface area contributed by atoms with Crippen LogP contribution in [0.15, 0.2) is 200 Å². The smallest absolute Gasteiger partial charge is 0.180 e. The lowest BCUT2D eigenvalue weighted by Crippen LogP contribution is -2.75. The molecule has 0 bridgehead atoms. The summed E-state index contributed by atoms with van der Waals surface area (Å²) in [4.78, 5) is 2.39. The number of fused-ring (bicyclic) bond motifs is 4. The van der Waals surface area contributed by atoms with E-state index < -0.39 is 8.07 Å². The molecule has 1 aliphatic heterocycles. The van der Waals surface area contributed by atoms with E-state index in [0.29, 0.717) is 0 Å². The summed E-state index contributed by atoms with van der Waals surface area (Å²) in [6, 6.07) is 74.7. The summed E-state index contributed by atoms with van der Waals surface area (Å²) in [5.74, 6) is 0. The normalized spacial score (nSPS) is 14.1. The summed E-state index contributed by atoms with van der Waals surface area (Å²) < 4.78 is 0. The zero-order valence-electron chi connectivity index (χ0n) is 29.6. The second-order valence-corrected chi connectivity index (χ2v) is 17.9. The molecule has 0 amide bonds. The summed E-state index contributed by atoms with van der Waals surface area (Å²) in [5.41, 5.74) is 6.07. The Kier molecular flexibility index (Phi) is 7.48. The molecule has 53 heavy (non-hydrogen) atoms. The minimum atomic E-state index is -2.95. The Bertz CT molecular complexity index is 2680. The molecular formula is C50H38N2Si. The lowest BCUT2D eigenvalue weighted by Gasteiger charge is -2.37. The Morgan fingerprint density at radius 3 is 1.62 bits per heavy atom. The minimum absolute atomic E-state index is 0.170. The van der Waals surface area contributed by atoms with Gasteiger partial charge in [-0.05, 0) is 95.4 Å². The molecule has 0 fully saturated rings. The molecule has 0 saturated carbocycles. The summed E-state index contributed by atoms with van der Waals surface area (Å²) in [7, 11) is -2.95. The fourth-order valence-electron chi connectivity index (χ4n) is 9.03. The van der Waals surface area contributed by atoms with Gasteiger partial charge in [-0.15, -0.1) is 0 Å². The lowest BCUT2D eigenvalue weighted by atomic mass is 9.91. The average Bonchev–Trinajstić information content (AvgIpc) is 3.57. The summed E-state index contributed by atoms with van der Waals surface area (Å²) in [5, 5.41) is 16.9. The minimum Gasteiger partial charge on any atom is -0.363 e. The molecule has 0 spiro atoms. The van der Waals surface area contributed by atoms with Crippen molar-refractivity contribution >= 4 is 78.2 Å². The van der Waals surface area contributed by atoms with Crippen LogP contribution in [0.25, 0.3) is 43.4 Å². The van der Waals surface area contributed by atoms with Crippen LogP contribution in [0, 0.1) is 0 Å². The molecule has 0 saturated heterocycles. The monoisotopic (exact) mass is 694 g/mol. The highest BCUT2D eigenvalue weighted by molar-refractivity contribution is 7.21. The van der Waals surface area contributed by atoms with Crippen LogP contribution < -0.4 is 31.0 Å². The van der Waals surface area contributed by atoms with Crippen LogP contribution in [0.1, 0.15) is 6.92 Å². The number of hydrogen-bond donors (Lipinski definition) is 1. The van der Waals surface area contributed by atoms with Gasteiger partial charge in [0.2, 0.25) is 0 Å². The molecule has 0 aliphatic carbocycles. The van der Waals surface area contributed by atoms with Crippen LogP contribution >= 0.6 is 0 Å². The Morgan fingerprint density at radius 1 is 0.453 bits per heavy atom. The van der Waals surface area contributed by atoms with Gasteiger partial charge in [-0.25, -0.2) is 0 Å². The highest BCUT2D eigenvalue weighted by atomic mass is 28.3. The number of nitrogens with one attached hydrogen (secondary N) is 1. The van der Waals surface area contributed by atoms with Crippen molar-refractivity contribution in [3.05, 3.63) is 200 Å². The first kappa shape index (κ1) is 31.3. The van der Waals surface area contributed by atoms with Crippen LogP contribution in [-0.2, 0) is 0 Å². The van der Waals surface area contributed by atoms with Crippen molar-refractivity contribution in [1.82, 2.24) is 0 Å². The van der Waals surface area contributed by atoms with E-state index in [0.717, 1.165) is 0 Å². The molecule has 252 valence electrons. The third-order valence-electron chi connectivity index (χ3n) is 11.3. The number of nitrogens with zero attached hydrogens (tertiary/aromatic N) is 1. The molecular weight excluding hydrogens is 657 g/mol. The first-order valence-corrected chi connectivity index (χ1v) is 20.5. The van der Waals surface area contributed by atoms with Gasteiger partial charge in [-0.1, -0.05) is 176 Å². The fraction of sp³-hybridized carbons (Fsp3) is 0.0400. The van der Waals surface area contributed by atoms with Crippen LogP contribution in [-0.4, -0.2) is 14.2 Å². The summed E-state index contributed by atoms with van der Waals surface area (Å²) >= 11 is 0. The molecule has 0 aromatic heterocycles. The topological polar surface area (TPSA) is 15.3 Å². The number of anilines is 3. The molecule has 1 aliphatic rings. The predicted octanol–water partition coefficient (Wildman–Crippen LogP) is 10.1. The van der Waals surface area contributed by atoms with Gasteiger partial charge in [0.05, 0.1) is 11.4 Å². The molecule has 1 unspecified atom stereocenters. The lowest BCUT2D eigenvalue weighted by molar-refractivity contribution is 0.843. The van der Waals surface area contributed by atoms with E-state index in [2.05, 4.69) is 217 Å². The van der Waals surface area contributed by atoms with Gasteiger partial charge in [-0.3, -0.25) is 0 Å². The van der Waals surface area contributed by atoms with E-state index in [1.165, 1.54) is 81.3 Å². The molecule has 2 nitrogen and oxygen atoms in total. The van der Waals surface area contributed by atoms with Crippen molar-refractivity contribution in [3.8, 4) is 11.1 Å².